The zero-order valence-electron chi connectivity index (χ0n) is 14.4. The maximum Gasteiger partial charge on any atom is 0.268 e. The highest BCUT2D eigenvalue weighted by atomic mass is 16.1. The minimum absolute atomic E-state index is 0.128. The van der Waals surface area contributed by atoms with E-state index in [0.29, 0.717) is 5.69 Å². The van der Waals surface area contributed by atoms with Gasteiger partial charge in [-0.25, -0.2) is 0 Å². The molecule has 2 heterocycles. The fourth-order valence-corrected chi connectivity index (χ4v) is 3.26. The highest BCUT2D eigenvalue weighted by Gasteiger charge is 2.21. The summed E-state index contributed by atoms with van der Waals surface area (Å²) in [6, 6.07) is 21.5. The van der Waals surface area contributed by atoms with E-state index < -0.39 is 0 Å². The Morgan fingerprint density at radius 1 is 0.962 bits per heavy atom. The van der Waals surface area contributed by atoms with E-state index in [-0.39, 0.29) is 11.9 Å². The molecule has 0 bridgehead atoms. The number of amides is 1. The van der Waals surface area contributed by atoms with Crippen molar-refractivity contribution in [3.05, 3.63) is 102 Å². The molecule has 2 N–H and O–H groups in total. The average Bonchev–Trinajstić information content (AvgIpc) is 3.04. The van der Waals surface area contributed by atoms with E-state index in [1.807, 2.05) is 73.7 Å². The van der Waals surface area contributed by atoms with Gasteiger partial charge in [0.15, 0.2) is 0 Å². The number of carbonyl (C=O) groups is 1. The molecule has 2 aromatic carbocycles. The molecule has 0 aliphatic heterocycles. The number of H-pyrrole nitrogens is 1. The molecule has 0 aliphatic carbocycles. The van der Waals surface area contributed by atoms with Gasteiger partial charge in [0.2, 0.25) is 0 Å². The molecule has 0 fully saturated rings. The second-order valence-electron chi connectivity index (χ2n) is 6.27. The van der Waals surface area contributed by atoms with Gasteiger partial charge in [-0.1, -0.05) is 54.6 Å². The molecule has 0 saturated carbocycles. The van der Waals surface area contributed by atoms with Crippen LogP contribution in [0.3, 0.4) is 0 Å². The molecule has 0 saturated heterocycles. The Labute approximate surface area is 151 Å². The van der Waals surface area contributed by atoms with Crippen LogP contribution in [0.1, 0.15) is 33.2 Å². The van der Waals surface area contributed by atoms with Crippen molar-refractivity contribution in [1.29, 1.82) is 0 Å². The number of nitrogens with zero attached hydrogens (tertiary/aromatic N) is 1. The fraction of sp³-hybridized carbons (Fsp3) is 0.0909. The van der Waals surface area contributed by atoms with E-state index in [1.54, 1.807) is 12.4 Å². The number of para-hydroxylation sites is 1. The minimum atomic E-state index is -0.261. The number of pyridine rings is 1. The number of fused-ring (bicyclic) bond motifs is 1. The van der Waals surface area contributed by atoms with Crippen LogP contribution in [0.2, 0.25) is 0 Å². The molecule has 1 unspecified atom stereocenters. The van der Waals surface area contributed by atoms with Crippen molar-refractivity contribution in [2.75, 3.05) is 0 Å². The largest absolute Gasteiger partial charge is 0.350 e. The molecule has 128 valence electrons. The first-order valence-electron chi connectivity index (χ1n) is 8.57. The smallest absolute Gasteiger partial charge is 0.268 e. The molecule has 4 nitrogen and oxygen atoms in total. The van der Waals surface area contributed by atoms with Crippen LogP contribution >= 0.6 is 0 Å². The lowest BCUT2D eigenvalue weighted by Crippen LogP contribution is -2.30. The van der Waals surface area contributed by atoms with Gasteiger partial charge in [-0.15, -0.1) is 0 Å². The van der Waals surface area contributed by atoms with Crippen molar-refractivity contribution in [3.63, 3.8) is 0 Å². The third-order valence-electron chi connectivity index (χ3n) is 4.62. The van der Waals surface area contributed by atoms with Gasteiger partial charge in [-0.05, 0) is 35.7 Å². The first-order valence-corrected chi connectivity index (χ1v) is 8.57. The lowest BCUT2D eigenvalue weighted by atomic mass is 10.00. The third-order valence-corrected chi connectivity index (χ3v) is 4.62. The normalized spacial score (nSPS) is 12.0. The van der Waals surface area contributed by atoms with E-state index in [1.165, 1.54) is 0 Å². The number of nitrogens with one attached hydrogen (secondary N) is 2. The predicted molar refractivity (Wildman–Crippen MR) is 103 cm³/mol. The predicted octanol–water partition coefficient (Wildman–Crippen LogP) is 4.39. The monoisotopic (exact) mass is 341 g/mol. The van der Waals surface area contributed by atoms with E-state index in [2.05, 4.69) is 15.3 Å². The second kappa shape index (κ2) is 6.84. The molecule has 0 aliphatic rings. The number of aromatic nitrogens is 2. The molecule has 1 amide bonds. The lowest BCUT2D eigenvalue weighted by Gasteiger charge is -2.19. The van der Waals surface area contributed by atoms with Crippen molar-refractivity contribution in [1.82, 2.24) is 15.3 Å². The molecular formula is C22H19N3O. The number of hydrogen-bond acceptors (Lipinski definition) is 2. The van der Waals surface area contributed by atoms with Crippen LogP contribution in [-0.2, 0) is 0 Å². The van der Waals surface area contributed by atoms with Gasteiger partial charge in [-0.2, -0.15) is 0 Å². The Kier molecular flexibility index (Phi) is 4.23. The number of benzene rings is 2. The molecule has 0 spiro atoms. The summed E-state index contributed by atoms with van der Waals surface area (Å²) in [6.45, 7) is 1.97. The number of hydrogen-bond donors (Lipinski definition) is 2. The Hall–Kier alpha value is -3.40. The lowest BCUT2D eigenvalue weighted by molar-refractivity contribution is 0.0938. The molecule has 26 heavy (non-hydrogen) atoms. The topological polar surface area (TPSA) is 57.8 Å². The van der Waals surface area contributed by atoms with E-state index in [4.69, 9.17) is 0 Å². The average molecular weight is 341 g/mol. The van der Waals surface area contributed by atoms with Crippen LogP contribution in [0.15, 0.2) is 79.1 Å². The Morgan fingerprint density at radius 3 is 2.42 bits per heavy atom. The van der Waals surface area contributed by atoms with Crippen LogP contribution in [0, 0.1) is 6.92 Å². The maximum absolute atomic E-state index is 13.0. The highest BCUT2D eigenvalue weighted by Crippen LogP contribution is 2.24. The van der Waals surface area contributed by atoms with E-state index in [9.17, 15) is 4.79 Å². The second-order valence-corrected chi connectivity index (χ2v) is 6.27. The van der Waals surface area contributed by atoms with Gasteiger partial charge < -0.3 is 10.3 Å². The van der Waals surface area contributed by atoms with Gasteiger partial charge in [-0.3, -0.25) is 9.78 Å². The summed E-state index contributed by atoms with van der Waals surface area (Å²) in [4.78, 5) is 20.5. The number of carbonyl (C=O) groups excluding carboxylic acids is 1. The van der Waals surface area contributed by atoms with Crippen molar-refractivity contribution in [2.24, 2.45) is 0 Å². The van der Waals surface area contributed by atoms with Gasteiger partial charge >= 0.3 is 0 Å². The van der Waals surface area contributed by atoms with Gasteiger partial charge in [0.25, 0.3) is 5.91 Å². The van der Waals surface area contributed by atoms with Crippen LogP contribution in [-0.4, -0.2) is 15.9 Å². The maximum atomic E-state index is 13.0. The molecular weight excluding hydrogens is 322 g/mol. The van der Waals surface area contributed by atoms with Crippen LogP contribution in [0.25, 0.3) is 10.9 Å². The summed E-state index contributed by atoms with van der Waals surface area (Å²) < 4.78 is 0. The van der Waals surface area contributed by atoms with Crippen LogP contribution in [0.4, 0.5) is 0 Å². The molecule has 2 aromatic heterocycles. The van der Waals surface area contributed by atoms with E-state index >= 15 is 0 Å². The fourth-order valence-electron chi connectivity index (χ4n) is 3.26. The summed E-state index contributed by atoms with van der Waals surface area (Å²) in [5.74, 6) is -0.128. The van der Waals surface area contributed by atoms with Crippen LogP contribution < -0.4 is 5.32 Å². The summed E-state index contributed by atoms with van der Waals surface area (Å²) in [6.07, 6.45) is 3.52. The van der Waals surface area contributed by atoms with E-state index in [0.717, 1.165) is 27.6 Å². The first kappa shape index (κ1) is 16.1. The Bertz CT molecular complexity index is 999. The summed E-state index contributed by atoms with van der Waals surface area (Å²) in [5, 5.41) is 4.22. The zero-order chi connectivity index (χ0) is 17.9. The molecule has 4 heteroatoms. The SMILES string of the molecule is Cc1c(C(=O)NC(c2ccccc2)c2cccnc2)[nH]c2ccccc12. The van der Waals surface area contributed by atoms with Gasteiger partial charge in [0, 0.05) is 23.3 Å². The summed E-state index contributed by atoms with van der Waals surface area (Å²) in [7, 11) is 0. The Balaban J connectivity index is 1.71. The number of aryl methyl sites for hydroxylation is 1. The van der Waals surface area contributed by atoms with Crippen LogP contribution in [0.5, 0.6) is 0 Å². The quantitative estimate of drug-likeness (QED) is 0.578. The molecule has 4 rings (SSSR count). The highest BCUT2D eigenvalue weighted by molar-refractivity contribution is 6.01. The van der Waals surface area contributed by atoms with Gasteiger partial charge in [0.05, 0.1) is 6.04 Å². The van der Waals surface area contributed by atoms with Crippen molar-refractivity contribution in [3.8, 4) is 0 Å². The van der Waals surface area contributed by atoms with Gasteiger partial charge in [0.1, 0.15) is 5.69 Å². The molecule has 0 radical (unpaired) electrons. The zero-order valence-corrected chi connectivity index (χ0v) is 14.4. The van der Waals surface area contributed by atoms with Crippen molar-refractivity contribution >= 4 is 16.8 Å². The molecule has 4 aromatic rings. The molecule has 1 atom stereocenters. The number of rotatable bonds is 4. The van der Waals surface area contributed by atoms with Crippen molar-refractivity contribution in [2.45, 2.75) is 13.0 Å². The Morgan fingerprint density at radius 2 is 1.69 bits per heavy atom. The van der Waals surface area contributed by atoms with Crippen molar-refractivity contribution < 1.29 is 4.79 Å². The summed E-state index contributed by atoms with van der Waals surface area (Å²) in [5.41, 5.74) is 4.48. The minimum Gasteiger partial charge on any atom is -0.350 e. The summed E-state index contributed by atoms with van der Waals surface area (Å²) >= 11 is 0. The first-order chi connectivity index (χ1) is 12.7. The number of aromatic amines is 1. The third kappa shape index (κ3) is 2.97. The standard InChI is InChI=1S/C22H19N3O/c1-15-18-11-5-6-12-19(18)24-20(15)22(26)25-21(16-8-3-2-4-9-16)17-10-7-13-23-14-17/h2-14,21,24H,1H3,(H,25,26).